The van der Waals surface area contributed by atoms with Crippen LogP contribution in [0.25, 0.3) is 0 Å². The summed E-state index contributed by atoms with van der Waals surface area (Å²) in [5, 5.41) is 16.1. The Bertz CT molecular complexity index is 675. The molecule has 0 spiro atoms. The third-order valence-corrected chi connectivity index (χ3v) is 5.14. The van der Waals surface area contributed by atoms with E-state index in [0.29, 0.717) is 17.1 Å². The molecule has 2 aromatic rings. The van der Waals surface area contributed by atoms with E-state index in [9.17, 15) is 8.42 Å². The van der Waals surface area contributed by atoms with Gasteiger partial charge < -0.3 is 5.11 Å². The quantitative estimate of drug-likeness (QED) is 0.889. The minimum Gasteiger partial charge on any atom is -0.390 e. The maximum atomic E-state index is 12.0. The highest BCUT2D eigenvalue weighted by atomic mass is 32.2. The minimum atomic E-state index is -3.23. The Balaban J connectivity index is 2.16. The molecule has 0 radical (unpaired) electrons. The molecule has 20 heavy (non-hydrogen) atoms. The molecule has 6 nitrogen and oxygen atoms in total. The average Bonchev–Trinajstić information content (AvgIpc) is 2.87. The first kappa shape index (κ1) is 14.7. The number of sulfone groups is 1. The van der Waals surface area contributed by atoms with Crippen molar-refractivity contribution in [1.82, 2.24) is 15.0 Å². The van der Waals surface area contributed by atoms with Crippen molar-refractivity contribution in [2.45, 2.75) is 37.1 Å². The molecule has 108 valence electrons. The molecule has 7 heteroatoms. The van der Waals surface area contributed by atoms with Crippen molar-refractivity contribution < 1.29 is 13.5 Å². The van der Waals surface area contributed by atoms with Gasteiger partial charge in [0.05, 0.1) is 29.5 Å². The van der Waals surface area contributed by atoms with Gasteiger partial charge in [-0.2, -0.15) is 0 Å². The van der Waals surface area contributed by atoms with E-state index in [1.807, 2.05) is 0 Å². The molecule has 0 saturated heterocycles. The summed E-state index contributed by atoms with van der Waals surface area (Å²) in [5.74, 6) is 0. The van der Waals surface area contributed by atoms with Crippen molar-refractivity contribution in [3.05, 3.63) is 41.7 Å². The highest BCUT2D eigenvalue weighted by Gasteiger charge is 2.18. The monoisotopic (exact) mass is 295 g/mol. The van der Waals surface area contributed by atoms with Gasteiger partial charge in [-0.3, -0.25) is 0 Å². The van der Waals surface area contributed by atoms with Crippen LogP contribution in [-0.4, -0.2) is 33.8 Å². The SMILES string of the molecule is CC(C)S(=O)(=O)c1ccc(Cn2cc(CO)nn2)cc1. The van der Waals surface area contributed by atoms with E-state index in [1.165, 1.54) is 0 Å². The van der Waals surface area contributed by atoms with E-state index in [1.54, 1.807) is 49.0 Å². The zero-order valence-electron chi connectivity index (χ0n) is 11.4. The van der Waals surface area contributed by atoms with E-state index in [4.69, 9.17) is 5.11 Å². The van der Waals surface area contributed by atoms with Gasteiger partial charge in [-0.05, 0) is 31.5 Å². The van der Waals surface area contributed by atoms with Gasteiger partial charge in [0.1, 0.15) is 5.69 Å². The van der Waals surface area contributed by atoms with Crippen LogP contribution in [0.3, 0.4) is 0 Å². The van der Waals surface area contributed by atoms with Gasteiger partial charge >= 0.3 is 0 Å². The smallest absolute Gasteiger partial charge is 0.180 e. The Hall–Kier alpha value is -1.73. The first-order chi connectivity index (χ1) is 9.43. The molecule has 0 bridgehead atoms. The van der Waals surface area contributed by atoms with Crippen molar-refractivity contribution in [3.8, 4) is 0 Å². The number of benzene rings is 1. The third-order valence-electron chi connectivity index (χ3n) is 2.97. The number of nitrogens with zero attached hydrogens (tertiary/aromatic N) is 3. The molecule has 0 aliphatic carbocycles. The third kappa shape index (κ3) is 3.05. The molecule has 2 rings (SSSR count). The first-order valence-electron chi connectivity index (χ1n) is 6.26. The average molecular weight is 295 g/mol. The number of rotatable bonds is 5. The largest absolute Gasteiger partial charge is 0.390 e. The number of aliphatic hydroxyl groups is 1. The van der Waals surface area contributed by atoms with E-state index >= 15 is 0 Å². The molecule has 0 aliphatic rings. The highest BCUT2D eigenvalue weighted by molar-refractivity contribution is 7.92. The van der Waals surface area contributed by atoms with Crippen LogP contribution in [0.5, 0.6) is 0 Å². The predicted molar refractivity (Wildman–Crippen MR) is 73.8 cm³/mol. The Kier molecular flexibility index (Phi) is 4.20. The fraction of sp³-hybridized carbons (Fsp3) is 0.385. The Morgan fingerprint density at radius 3 is 2.40 bits per heavy atom. The number of hydrogen-bond donors (Lipinski definition) is 1. The molecule has 0 saturated carbocycles. The second-order valence-corrected chi connectivity index (χ2v) is 7.31. The Labute approximate surface area is 118 Å². The Morgan fingerprint density at radius 1 is 1.25 bits per heavy atom. The highest BCUT2D eigenvalue weighted by Crippen LogP contribution is 2.16. The minimum absolute atomic E-state index is 0.147. The van der Waals surface area contributed by atoms with Crippen molar-refractivity contribution in [2.24, 2.45) is 0 Å². The van der Waals surface area contributed by atoms with Gasteiger partial charge in [0.2, 0.25) is 0 Å². The molecule has 0 fully saturated rings. The summed E-state index contributed by atoms with van der Waals surface area (Å²) in [7, 11) is -3.23. The van der Waals surface area contributed by atoms with E-state index in [2.05, 4.69) is 10.3 Å². The zero-order chi connectivity index (χ0) is 14.8. The summed E-state index contributed by atoms with van der Waals surface area (Å²) in [4.78, 5) is 0.325. The molecule has 0 amide bonds. The van der Waals surface area contributed by atoms with E-state index in [-0.39, 0.29) is 6.61 Å². The van der Waals surface area contributed by atoms with Crippen LogP contribution in [-0.2, 0) is 23.0 Å². The summed E-state index contributed by atoms with van der Waals surface area (Å²) in [6.45, 7) is 3.66. The summed E-state index contributed by atoms with van der Waals surface area (Å²) in [5.41, 5.74) is 1.42. The van der Waals surface area contributed by atoms with Crippen molar-refractivity contribution in [3.63, 3.8) is 0 Å². The normalized spacial score (nSPS) is 12.0. The maximum absolute atomic E-state index is 12.0. The van der Waals surface area contributed by atoms with Crippen LogP contribution >= 0.6 is 0 Å². The van der Waals surface area contributed by atoms with Gasteiger partial charge in [-0.1, -0.05) is 17.3 Å². The molecule has 1 heterocycles. The van der Waals surface area contributed by atoms with Gasteiger partial charge in [0, 0.05) is 0 Å². The van der Waals surface area contributed by atoms with Crippen LogP contribution < -0.4 is 0 Å². The molecule has 0 atom stereocenters. The van der Waals surface area contributed by atoms with Gasteiger partial charge in [-0.25, -0.2) is 13.1 Å². The molecule has 0 aliphatic heterocycles. The summed E-state index contributed by atoms with van der Waals surface area (Å²) < 4.78 is 25.6. The molecule has 1 aromatic carbocycles. The fourth-order valence-corrected chi connectivity index (χ4v) is 2.79. The van der Waals surface area contributed by atoms with Crippen LogP contribution in [0.2, 0.25) is 0 Å². The van der Waals surface area contributed by atoms with Crippen molar-refractivity contribution in [1.29, 1.82) is 0 Å². The summed E-state index contributed by atoms with van der Waals surface area (Å²) in [6, 6.07) is 6.73. The van der Waals surface area contributed by atoms with E-state index in [0.717, 1.165) is 5.56 Å². The number of hydrogen-bond acceptors (Lipinski definition) is 5. The van der Waals surface area contributed by atoms with Crippen LogP contribution in [0.1, 0.15) is 25.1 Å². The number of aromatic nitrogens is 3. The van der Waals surface area contributed by atoms with Gasteiger partial charge in [-0.15, -0.1) is 5.10 Å². The molecular formula is C13H17N3O3S. The second kappa shape index (κ2) is 5.72. The lowest BCUT2D eigenvalue weighted by Gasteiger charge is -2.08. The molecular weight excluding hydrogens is 278 g/mol. The second-order valence-electron chi connectivity index (χ2n) is 4.80. The number of aliphatic hydroxyl groups excluding tert-OH is 1. The zero-order valence-corrected chi connectivity index (χ0v) is 12.2. The fourth-order valence-electron chi connectivity index (χ4n) is 1.73. The van der Waals surface area contributed by atoms with Gasteiger partial charge in [0.25, 0.3) is 0 Å². The van der Waals surface area contributed by atoms with Crippen molar-refractivity contribution >= 4 is 9.84 Å². The van der Waals surface area contributed by atoms with Crippen LogP contribution in [0.15, 0.2) is 35.4 Å². The predicted octanol–water partition coefficient (Wildman–Crippen LogP) is 1.00. The summed E-state index contributed by atoms with van der Waals surface area (Å²) >= 11 is 0. The molecule has 1 aromatic heterocycles. The molecule has 0 unspecified atom stereocenters. The lowest BCUT2D eigenvalue weighted by Crippen LogP contribution is -2.14. The maximum Gasteiger partial charge on any atom is 0.180 e. The van der Waals surface area contributed by atoms with Crippen LogP contribution in [0.4, 0.5) is 0 Å². The summed E-state index contributed by atoms with van der Waals surface area (Å²) in [6.07, 6.45) is 1.65. The lowest BCUT2D eigenvalue weighted by atomic mass is 10.2. The van der Waals surface area contributed by atoms with Gasteiger partial charge in [0.15, 0.2) is 9.84 Å². The van der Waals surface area contributed by atoms with E-state index < -0.39 is 15.1 Å². The van der Waals surface area contributed by atoms with Crippen LogP contribution in [0, 0.1) is 0 Å². The standard InChI is InChI=1S/C13H17N3O3S/c1-10(2)20(18,19)13-5-3-11(4-6-13)7-16-8-12(9-17)14-15-16/h3-6,8,10,17H,7,9H2,1-2H3. The first-order valence-corrected chi connectivity index (χ1v) is 7.81. The topological polar surface area (TPSA) is 85.1 Å². The van der Waals surface area contributed by atoms with Crippen molar-refractivity contribution in [2.75, 3.05) is 0 Å². The Morgan fingerprint density at radius 2 is 1.90 bits per heavy atom. The molecule has 1 N–H and O–H groups in total. The lowest BCUT2D eigenvalue weighted by molar-refractivity contribution is 0.276.